The van der Waals surface area contributed by atoms with Crippen LogP contribution in [0, 0.1) is 10.8 Å². The van der Waals surface area contributed by atoms with Gasteiger partial charge in [0.15, 0.2) is 0 Å². The summed E-state index contributed by atoms with van der Waals surface area (Å²) in [5, 5.41) is 10.2. The number of nitrogens with two attached hydrogens (primary N) is 1. The van der Waals surface area contributed by atoms with E-state index in [2.05, 4.69) is 10.2 Å². The monoisotopic (exact) mass is 401 g/mol. The summed E-state index contributed by atoms with van der Waals surface area (Å²) < 4.78 is 0. The van der Waals surface area contributed by atoms with Gasteiger partial charge in [-0.1, -0.05) is 0 Å². The highest BCUT2D eigenvalue weighted by Gasteiger charge is 2.35. The minimum Gasteiger partial charge on any atom is -0.384 e. The predicted octanol–water partition coefficient (Wildman–Crippen LogP) is 1.77. The molecule has 1 heterocycles. The lowest BCUT2D eigenvalue weighted by molar-refractivity contribution is -0.119. The molecule has 1 aliphatic heterocycles. The van der Waals surface area contributed by atoms with Gasteiger partial charge < -0.3 is 25.6 Å². The molecule has 2 rings (SSSR count). The van der Waals surface area contributed by atoms with Crippen molar-refractivity contribution in [2.45, 2.75) is 32.6 Å². The molecule has 0 saturated carbocycles. The van der Waals surface area contributed by atoms with Crippen molar-refractivity contribution in [3.8, 4) is 0 Å². The lowest BCUT2D eigenvalue weighted by Gasteiger charge is -2.39. The van der Waals surface area contributed by atoms with Gasteiger partial charge in [-0.3, -0.25) is 10.2 Å². The van der Waals surface area contributed by atoms with Crippen molar-refractivity contribution in [1.29, 1.82) is 5.41 Å². The third-order valence-electron chi connectivity index (χ3n) is 5.61. The second-order valence-electron chi connectivity index (χ2n) is 7.78. The molecule has 0 aromatic heterocycles. The van der Waals surface area contributed by atoms with Gasteiger partial charge >= 0.3 is 6.03 Å². The smallest absolute Gasteiger partial charge is 0.317 e. The minimum absolute atomic E-state index is 0.0381. The molecule has 0 aliphatic carbocycles. The Morgan fingerprint density at radius 1 is 1.28 bits per heavy atom. The molecule has 8 nitrogen and oxygen atoms in total. The number of benzene rings is 1. The fraction of sp³-hybridized carbons (Fsp3) is 0.524. The Labute approximate surface area is 171 Å². The van der Waals surface area contributed by atoms with Gasteiger partial charge in [0.05, 0.1) is 0 Å². The molecular formula is C21H31N5O3. The number of nitrogens with one attached hydrogen (secondary N) is 2. The molecule has 1 aliphatic rings. The topological polar surface area (TPSA) is 120 Å². The van der Waals surface area contributed by atoms with Gasteiger partial charge in [0.25, 0.3) is 0 Å². The minimum atomic E-state index is -0.427. The first-order valence-electron chi connectivity index (χ1n) is 9.90. The van der Waals surface area contributed by atoms with Crippen LogP contribution in [0.1, 0.15) is 38.2 Å². The molecule has 0 spiro atoms. The third kappa shape index (κ3) is 6.30. The van der Waals surface area contributed by atoms with Crippen LogP contribution < -0.4 is 16.0 Å². The van der Waals surface area contributed by atoms with Gasteiger partial charge in [0, 0.05) is 56.3 Å². The maximum atomic E-state index is 12.2. The highest BCUT2D eigenvalue weighted by Crippen LogP contribution is 2.33. The number of amidine groups is 1. The van der Waals surface area contributed by atoms with E-state index in [-0.39, 0.29) is 17.6 Å². The fourth-order valence-electron chi connectivity index (χ4n) is 3.45. The quantitative estimate of drug-likeness (QED) is 0.331. The summed E-state index contributed by atoms with van der Waals surface area (Å²) in [5.41, 5.74) is 6.74. The summed E-state index contributed by atoms with van der Waals surface area (Å²) in [4.78, 5) is 38.8. The summed E-state index contributed by atoms with van der Waals surface area (Å²) in [5.74, 6) is 0.0835. The van der Waals surface area contributed by atoms with Crippen LogP contribution in [0.15, 0.2) is 24.3 Å². The van der Waals surface area contributed by atoms with Gasteiger partial charge in [-0.15, -0.1) is 0 Å². The maximum absolute atomic E-state index is 12.2. The number of nitrogen functional groups attached to an aromatic ring is 1. The molecular weight excluding hydrogens is 370 g/mol. The van der Waals surface area contributed by atoms with Crippen LogP contribution in [0.3, 0.4) is 0 Å². The summed E-state index contributed by atoms with van der Waals surface area (Å²) in [7, 11) is 1.97. The Morgan fingerprint density at radius 2 is 1.90 bits per heavy atom. The fourth-order valence-corrected chi connectivity index (χ4v) is 3.45. The van der Waals surface area contributed by atoms with E-state index in [4.69, 9.17) is 11.1 Å². The molecule has 1 aromatic rings. The Bertz CT molecular complexity index is 739. The normalized spacial score (nSPS) is 15.4. The first-order chi connectivity index (χ1) is 13.8. The molecule has 1 saturated heterocycles. The Morgan fingerprint density at radius 3 is 2.41 bits per heavy atom. The maximum Gasteiger partial charge on any atom is 0.317 e. The number of hydrogen-bond acceptors (Lipinski definition) is 5. The summed E-state index contributed by atoms with van der Waals surface area (Å²) >= 11 is 0. The van der Waals surface area contributed by atoms with Crippen molar-refractivity contribution in [2.24, 2.45) is 11.1 Å². The molecule has 2 amide bonds. The molecule has 158 valence electrons. The number of amides is 2. The zero-order chi connectivity index (χ0) is 21.4. The Balaban J connectivity index is 1.85. The van der Waals surface area contributed by atoms with E-state index in [1.54, 1.807) is 4.90 Å². The Kier molecular flexibility index (Phi) is 7.75. The van der Waals surface area contributed by atoms with Gasteiger partial charge in [-0.05, 0) is 50.5 Å². The number of hydrogen-bond donors (Lipinski definition) is 3. The Hall–Kier alpha value is -2.90. The van der Waals surface area contributed by atoms with E-state index in [1.807, 2.05) is 31.3 Å². The number of urea groups is 1. The highest BCUT2D eigenvalue weighted by molar-refractivity contribution is 5.95. The van der Waals surface area contributed by atoms with E-state index in [0.717, 1.165) is 12.0 Å². The predicted molar refractivity (Wildman–Crippen MR) is 113 cm³/mol. The van der Waals surface area contributed by atoms with Crippen LogP contribution in [0.2, 0.25) is 0 Å². The number of ketones is 1. The number of Topliss-reactive ketones (excluding diaryl/α,β-unsaturated/α-hetero) is 1. The van der Waals surface area contributed by atoms with Crippen molar-refractivity contribution in [3.63, 3.8) is 0 Å². The van der Waals surface area contributed by atoms with Gasteiger partial charge in [-0.25, -0.2) is 4.79 Å². The zero-order valence-corrected chi connectivity index (χ0v) is 17.2. The molecule has 0 bridgehead atoms. The van der Waals surface area contributed by atoms with Crippen molar-refractivity contribution < 1.29 is 14.4 Å². The first-order valence-corrected chi connectivity index (χ1v) is 9.90. The van der Waals surface area contributed by atoms with E-state index < -0.39 is 5.41 Å². The molecule has 0 unspecified atom stereocenters. The van der Waals surface area contributed by atoms with Crippen LogP contribution in [0.4, 0.5) is 10.5 Å². The number of anilines is 1. The van der Waals surface area contributed by atoms with Crippen LogP contribution in [0.5, 0.6) is 0 Å². The number of nitrogens with zero attached hydrogens (tertiary/aromatic N) is 2. The van der Waals surface area contributed by atoms with E-state index >= 15 is 0 Å². The molecule has 0 radical (unpaired) electrons. The van der Waals surface area contributed by atoms with Crippen molar-refractivity contribution in [2.75, 3.05) is 38.1 Å². The summed E-state index contributed by atoms with van der Waals surface area (Å²) in [6.45, 7) is 3.61. The van der Waals surface area contributed by atoms with Gasteiger partial charge in [-0.2, -0.15) is 0 Å². The number of carbonyl (C=O) groups excluding carboxylic acids is 3. The van der Waals surface area contributed by atoms with Gasteiger partial charge in [0.2, 0.25) is 0 Å². The first kappa shape index (κ1) is 22.4. The van der Waals surface area contributed by atoms with Gasteiger partial charge in [0.1, 0.15) is 17.9 Å². The second-order valence-corrected chi connectivity index (χ2v) is 7.78. The zero-order valence-electron chi connectivity index (χ0n) is 17.2. The van der Waals surface area contributed by atoms with E-state index in [9.17, 15) is 14.4 Å². The SMILES string of the molecule is CC(=O)CCNC(=O)N1CCC(C=O)(CCN(C)c2ccc(C(=N)N)cc2)CC1. The third-order valence-corrected chi connectivity index (χ3v) is 5.61. The van der Waals surface area contributed by atoms with Crippen LogP contribution in [0.25, 0.3) is 0 Å². The second kappa shape index (κ2) is 10.0. The lowest BCUT2D eigenvalue weighted by atomic mass is 9.77. The molecule has 1 aromatic carbocycles. The molecule has 8 heteroatoms. The molecule has 1 fully saturated rings. The van der Waals surface area contributed by atoms with Crippen LogP contribution in [-0.2, 0) is 9.59 Å². The van der Waals surface area contributed by atoms with Crippen LogP contribution >= 0.6 is 0 Å². The molecule has 0 atom stereocenters. The number of carbonyl (C=O) groups is 3. The number of piperidine rings is 1. The number of aldehydes is 1. The van der Waals surface area contributed by atoms with Crippen LogP contribution in [-0.4, -0.2) is 62.1 Å². The standard InChI is InChI=1S/C21H31N5O3/c1-16(28)7-11-24-20(29)26-13-9-21(15-27,10-14-26)8-12-25(2)18-5-3-17(4-6-18)19(22)23/h3-6,15H,7-14H2,1-2H3,(H3,22,23)(H,24,29). The average Bonchev–Trinajstić information content (AvgIpc) is 2.72. The lowest BCUT2D eigenvalue weighted by Crippen LogP contribution is -2.48. The van der Waals surface area contributed by atoms with Crippen molar-refractivity contribution in [1.82, 2.24) is 10.2 Å². The molecule has 4 N–H and O–H groups in total. The molecule has 29 heavy (non-hydrogen) atoms. The van der Waals surface area contributed by atoms with Crippen molar-refractivity contribution >= 4 is 29.6 Å². The van der Waals surface area contributed by atoms with Crippen molar-refractivity contribution in [3.05, 3.63) is 29.8 Å². The highest BCUT2D eigenvalue weighted by atomic mass is 16.2. The number of rotatable bonds is 9. The van der Waals surface area contributed by atoms with E-state index in [0.29, 0.717) is 57.4 Å². The summed E-state index contributed by atoms with van der Waals surface area (Å²) in [6.07, 6.45) is 3.35. The largest absolute Gasteiger partial charge is 0.384 e. The summed E-state index contributed by atoms with van der Waals surface area (Å²) in [6, 6.07) is 7.28. The van der Waals surface area contributed by atoms with E-state index in [1.165, 1.54) is 6.92 Å². The average molecular weight is 402 g/mol. The number of likely N-dealkylation sites (tertiary alicyclic amines) is 1.